The summed E-state index contributed by atoms with van der Waals surface area (Å²) in [5.41, 5.74) is 0.948. The van der Waals surface area contributed by atoms with Gasteiger partial charge < -0.3 is 10.6 Å². The van der Waals surface area contributed by atoms with Crippen molar-refractivity contribution in [3.63, 3.8) is 0 Å². The first kappa shape index (κ1) is 23.6. The van der Waals surface area contributed by atoms with Crippen LogP contribution in [0, 0.1) is 29.3 Å². The number of carbonyl (C=O) groups is 1. The number of hydrogen-bond acceptors (Lipinski definition) is 4. The standard InChI is InChI=1S/C23H26F3N3O3S/c1-23(15-7-13(8-15)11-27-20(30)12-28-33(2,31)32)18-9-17(25)10-19(26)21(18)29-22(23)14-3-5-16(24)6-4-14/h3-6,9-10,13,15,22,28-29H,7-8,11-12H2,1-2H3,(H,27,30). The lowest BCUT2D eigenvalue weighted by atomic mass is 9.56. The topological polar surface area (TPSA) is 87.3 Å². The molecule has 2 atom stereocenters. The SMILES string of the molecule is CC1(C2CC(CNC(=O)CNS(C)(=O)=O)C2)c2cc(F)cc(F)c2NC1c1ccc(F)cc1. The molecule has 0 saturated heterocycles. The van der Waals surface area contributed by atoms with Crippen molar-refractivity contribution in [3.8, 4) is 0 Å². The highest BCUT2D eigenvalue weighted by atomic mass is 32.2. The van der Waals surface area contributed by atoms with E-state index in [1.54, 1.807) is 12.1 Å². The third kappa shape index (κ3) is 4.72. The molecule has 10 heteroatoms. The first-order valence-corrected chi connectivity index (χ1v) is 12.6. The quantitative estimate of drug-likeness (QED) is 0.567. The second-order valence-electron chi connectivity index (χ2n) is 9.15. The minimum atomic E-state index is -3.45. The highest BCUT2D eigenvalue weighted by Gasteiger charge is 2.53. The van der Waals surface area contributed by atoms with Gasteiger partial charge in [0.15, 0.2) is 0 Å². The largest absolute Gasteiger partial charge is 0.375 e. The summed E-state index contributed by atoms with van der Waals surface area (Å²) < 4.78 is 66.6. The van der Waals surface area contributed by atoms with E-state index in [4.69, 9.17) is 0 Å². The van der Waals surface area contributed by atoms with Gasteiger partial charge in [0.05, 0.1) is 24.5 Å². The molecule has 0 bridgehead atoms. The highest BCUT2D eigenvalue weighted by Crippen LogP contribution is 2.59. The van der Waals surface area contributed by atoms with E-state index in [0.29, 0.717) is 24.9 Å². The fourth-order valence-electron chi connectivity index (χ4n) is 5.04. The average Bonchev–Trinajstić information content (AvgIpc) is 2.99. The Kier molecular flexibility index (Phi) is 6.17. The molecule has 6 nitrogen and oxygen atoms in total. The molecule has 3 N–H and O–H groups in total. The van der Waals surface area contributed by atoms with Crippen LogP contribution in [0.1, 0.15) is 36.9 Å². The van der Waals surface area contributed by atoms with E-state index < -0.39 is 33.0 Å². The smallest absolute Gasteiger partial charge is 0.235 e. The molecular weight excluding hydrogens is 455 g/mol. The molecule has 33 heavy (non-hydrogen) atoms. The Labute approximate surface area is 191 Å². The van der Waals surface area contributed by atoms with E-state index in [-0.39, 0.29) is 35.9 Å². The van der Waals surface area contributed by atoms with E-state index in [1.807, 2.05) is 6.92 Å². The minimum absolute atomic E-state index is 0.0681. The molecule has 2 aliphatic rings. The third-order valence-corrected chi connectivity index (χ3v) is 7.56. The molecule has 2 aromatic rings. The van der Waals surface area contributed by atoms with Gasteiger partial charge in [-0.2, -0.15) is 0 Å². The number of benzene rings is 2. The number of halogens is 3. The van der Waals surface area contributed by atoms with Gasteiger partial charge >= 0.3 is 0 Å². The molecule has 1 heterocycles. The fraction of sp³-hybridized carbons (Fsp3) is 0.435. The van der Waals surface area contributed by atoms with Gasteiger partial charge in [-0.15, -0.1) is 0 Å². The van der Waals surface area contributed by atoms with Crippen molar-refractivity contribution in [2.24, 2.45) is 11.8 Å². The van der Waals surface area contributed by atoms with E-state index >= 15 is 0 Å². The Morgan fingerprint density at radius 3 is 2.42 bits per heavy atom. The van der Waals surface area contributed by atoms with Crippen LogP contribution in [0.15, 0.2) is 36.4 Å². The van der Waals surface area contributed by atoms with Gasteiger partial charge in [0.1, 0.15) is 17.5 Å². The monoisotopic (exact) mass is 481 g/mol. The van der Waals surface area contributed by atoms with Crippen molar-refractivity contribution < 1.29 is 26.4 Å². The second kappa shape index (κ2) is 8.64. The van der Waals surface area contributed by atoms with Crippen LogP contribution in [0.5, 0.6) is 0 Å². The van der Waals surface area contributed by atoms with Gasteiger partial charge in [-0.25, -0.2) is 26.3 Å². The van der Waals surface area contributed by atoms with Gasteiger partial charge in [-0.05, 0) is 54.0 Å². The number of amides is 1. The summed E-state index contributed by atoms with van der Waals surface area (Å²) in [6.07, 6.45) is 2.41. The fourth-order valence-corrected chi connectivity index (χ4v) is 5.44. The van der Waals surface area contributed by atoms with Crippen molar-refractivity contribution >= 4 is 21.6 Å². The summed E-state index contributed by atoms with van der Waals surface area (Å²) in [6.45, 7) is 2.03. The Morgan fingerprint density at radius 2 is 1.79 bits per heavy atom. The van der Waals surface area contributed by atoms with Crippen LogP contribution in [-0.2, 0) is 20.2 Å². The normalized spacial score (nSPS) is 26.3. The molecule has 1 aliphatic heterocycles. The molecule has 4 rings (SSSR count). The Balaban J connectivity index is 1.50. The third-order valence-electron chi connectivity index (χ3n) is 6.89. The number of hydrogen-bond donors (Lipinski definition) is 3. The maximum absolute atomic E-state index is 14.6. The number of anilines is 1. The summed E-state index contributed by atoms with van der Waals surface area (Å²) in [6, 6.07) is 7.84. The molecular formula is C23H26F3N3O3S. The molecule has 1 saturated carbocycles. The Hall–Kier alpha value is -2.59. The first-order chi connectivity index (χ1) is 15.5. The van der Waals surface area contributed by atoms with Crippen molar-refractivity contribution in [1.29, 1.82) is 0 Å². The summed E-state index contributed by atoms with van der Waals surface area (Å²) >= 11 is 0. The van der Waals surface area contributed by atoms with Crippen molar-refractivity contribution in [3.05, 3.63) is 65.0 Å². The van der Waals surface area contributed by atoms with Crippen LogP contribution in [0.4, 0.5) is 18.9 Å². The molecule has 2 unspecified atom stereocenters. The number of nitrogens with one attached hydrogen (secondary N) is 3. The van der Waals surface area contributed by atoms with Gasteiger partial charge in [-0.3, -0.25) is 4.79 Å². The molecule has 0 radical (unpaired) electrons. The Morgan fingerprint density at radius 1 is 1.12 bits per heavy atom. The van der Waals surface area contributed by atoms with Crippen LogP contribution in [0.2, 0.25) is 0 Å². The zero-order chi connectivity index (χ0) is 24.0. The molecule has 0 aromatic heterocycles. The van der Waals surface area contributed by atoms with E-state index in [9.17, 15) is 26.4 Å². The maximum Gasteiger partial charge on any atom is 0.235 e. The molecule has 1 aliphatic carbocycles. The number of sulfonamides is 1. The van der Waals surface area contributed by atoms with Crippen molar-refractivity contribution in [2.45, 2.75) is 31.2 Å². The van der Waals surface area contributed by atoms with Crippen molar-refractivity contribution in [1.82, 2.24) is 10.0 Å². The summed E-state index contributed by atoms with van der Waals surface area (Å²) in [5, 5.41) is 5.93. The van der Waals surface area contributed by atoms with Crippen LogP contribution < -0.4 is 15.4 Å². The lowest BCUT2D eigenvalue weighted by Gasteiger charge is -2.48. The predicted octanol–water partition coefficient (Wildman–Crippen LogP) is 3.22. The van der Waals surface area contributed by atoms with Crippen LogP contribution >= 0.6 is 0 Å². The average molecular weight is 482 g/mol. The summed E-state index contributed by atoms with van der Waals surface area (Å²) in [5.74, 6) is -1.89. The van der Waals surface area contributed by atoms with Crippen LogP contribution in [-0.4, -0.2) is 33.7 Å². The number of carbonyl (C=O) groups excluding carboxylic acids is 1. The molecule has 1 fully saturated rings. The van der Waals surface area contributed by atoms with Gasteiger partial charge in [0.25, 0.3) is 0 Å². The molecule has 178 valence electrons. The minimum Gasteiger partial charge on any atom is -0.375 e. The highest BCUT2D eigenvalue weighted by molar-refractivity contribution is 7.88. The van der Waals surface area contributed by atoms with Gasteiger partial charge in [-0.1, -0.05) is 19.1 Å². The molecule has 2 aromatic carbocycles. The lowest BCUT2D eigenvalue weighted by molar-refractivity contribution is -0.120. The van der Waals surface area contributed by atoms with Crippen LogP contribution in [0.3, 0.4) is 0 Å². The maximum atomic E-state index is 14.6. The lowest BCUT2D eigenvalue weighted by Crippen LogP contribution is -2.47. The van der Waals surface area contributed by atoms with Gasteiger partial charge in [0.2, 0.25) is 15.9 Å². The summed E-state index contributed by atoms with van der Waals surface area (Å²) in [4.78, 5) is 11.9. The Bertz CT molecular complexity index is 1170. The zero-order valence-corrected chi connectivity index (χ0v) is 19.1. The first-order valence-electron chi connectivity index (χ1n) is 10.7. The van der Waals surface area contributed by atoms with Crippen molar-refractivity contribution in [2.75, 3.05) is 24.7 Å². The predicted molar refractivity (Wildman–Crippen MR) is 119 cm³/mol. The molecule has 0 spiro atoms. The van der Waals surface area contributed by atoms with Gasteiger partial charge in [0, 0.05) is 18.0 Å². The zero-order valence-electron chi connectivity index (χ0n) is 18.3. The van der Waals surface area contributed by atoms with E-state index in [2.05, 4.69) is 15.4 Å². The number of fused-ring (bicyclic) bond motifs is 1. The second-order valence-corrected chi connectivity index (χ2v) is 11.0. The van der Waals surface area contributed by atoms with E-state index in [0.717, 1.165) is 17.9 Å². The number of rotatable bonds is 7. The van der Waals surface area contributed by atoms with E-state index in [1.165, 1.54) is 18.2 Å². The summed E-state index contributed by atoms with van der Waals surface area (Å²) in [7, 11) is -3.45. The van der Waals surface area contributed by atoms with Crippen LogP contribution in [0.25, 0.3) is 0 Å². The molecule has 1 amide bonds.